The first-order valence-corrected chi connectivity index (χ1v) is 10.9. The second-order valence-electron chi connectivity index (χ2n) is 7.82. The third-order valence-electron chi connectivity index (χ3n) is 4.64. The van der Waals surface area contributed by atoms with E-state index in [9.17, 15) is 39.9 Å². The van der Waals surface area contributed by atoms with Crippen LogP contribution in [0, 0.1) is 5.92 Å². The molecule has 0 aromatic carbocycles. The third-order valence-corrected chi connectivity index (χ3v) is 6.05. The van der Waals surface area contributed by atoms with Crippen molar-refractivity contribution < 1.29 is 39.9 Å². The highest BCUT2D eigenvalue weighted by atomic mass is 35.5. The maximum atomic E-state index is 13.9. The van der Waals surface area contributed by atoms with E-state index in [1.54, 1.807) is 0 Å². The summed E-state index contributed by atoms with van der Waals surface area (Å²) in [5, 5.41) is 9.19. The van der Waals surface area contributed by atoms with E-state index in [1.165, 1.54) is 6.07 Å². The Hall–Kier alpha value is -2.68. The molecule has 3 aromatic rings. The maximum absolute atomic E-state index is 13.9. The van der Waals surface area contributed by atoms with E-state index in [0.717, 1.165) is 30.8 Å². The molecule has 6 nitrogen and oxygen atoms in total. The number of nitrogens with zero attached hydrogens (tertiary/aromatic N) is 4. The van der Waals surface area contributed by atoms with E-state index in [0.29, 0.717) is 16.1 Å². The Labute approximate surface area is 201 Å². The molecule has 0 aliphatic heterocycles. The molecule has 0 unspecified atom stereocenters. The van der Waals surface area contributed by atoms with Crippen LogP contribution in [0.25, 0.3) is 16.3 Å². The molecule has 0 spiro atoms. The van der Waals surface area contributed by atoms with Crippen LogP contribution < -0.4 is 5.32 Å². The fourth-order valence-corrected chi connectivity index (χ4v) is 4.26. The molecule has 0 fully saturated rings. The number of halogens is 9. The molecule has 0 atom stereocenters. The van der Waals surface area contributed by atoms with Crippen molar-refractivity contribution in [3.05, 3.63) is 39.6 Å². The number of amides is 1. The van der Waals surface area contributed by atoms with Crippen LogP contribution >= 0.6 is 22.9 Å². The Morgan fingerprint density at radius 2 is 1.80 bits per heavy atom. The van der Waals surface area contributed by atoms with Crippen molar-refractivity contribution in [2.45, 2.75) is 32.1 Å². The third kappa shape index (κ3) is 5.15. The van der Waals surface area contributed by atoms with Gasteiger partial charge in [0.05, 0.1) is 11.8 Å². The first kappa shape index (κ1) is 26.9. The van der Waals surface area contributed by atoms with E-state index >= 15 is 0 Å². The monoisotopic (exact) mass is 549 g/mol. The smallest absolute Gasteiger partial charge is 0.352 e. The molecule has 35 heavy (non-hydrogen) atoms. The fraction of sp³-hybridized carbons (Fsp3) is 0.421. The topological polar surface area (TPSA) is 64.7 Å². The number of carbonyl (C=O) groups is 1. The zero-order valence-corrected chi connectivity index (χ0v) is 19.6. The summed E-state index contributed by atoms with van der Waals surface area (Å²) < 4.78 is 108. The lowest BCUT2D eigenvalue weighted by molar-refractivity contribution is -0.292. The van der Waals surface area contributed by atoms with Crippen LogP contribution in [0.2, 0.25) is 4.34 Å². The minimum Gasteiger partial charge on any atom is -0.352 e. The van der Waals surface area contributed by atoms with Gasteiger partial charge in [-0.2, -0.15) is 45.3 Å². The van der Waals surface area contributed by atoms with E-state index in [1.807, 2.05) is 13.8 Å². The minimum absolute atomic E-state index is 0.0811. The summed E-state index contributed by atoms with van der Waals surface area (Å²) in [5.41, 5.74) is -4.53. The van der Waals surface area contributed by atoms with Crippen molar-refractivity contribution >= 4 is 28.8 Å². The molecule has 3 rings (SSSR count). The van der Waals surface area contributed by atoms with E-state index in [4.69, 9.17) is 11.6 Å². The number of carbonyl (C=O) groups excluding carboxylic acids is 1. The zero-order chi connectivity index (χ0) is 26.5. The van der Waals surface area contributed by atoms with Gasteiger partial charge in [0.15, 0.2) is 11.5 Å². The summed E-state index contributed by atoms with van der Waals surface area (Å²) in [4.78, 5) is 12.6. The number of rotatable bonds is 6. The first-order chi connectivity index (χ1) is 15.9. The maximum Gasteiger partial charge on any atom is 0.459 e. The lowest BCUT2D eigenvalue weighted by atomic mass is 10.1. The Morgan fingerprint density at radius 1 is 1.17 bits per heavy atom. The van der Waals surface area contributed by atoms with Gasteiger partial charge in [-0.15, -0.1) is 11.3 Å². The molecule has 192 valence electrons. The summed E-state index contributed by atoms with van der Waals surface area (Å²) >= 11 is 7.02. The number of aryl methyl sites for hydroxylation is 1. The van der Waals surface area contributed by atoms with Gasteiger partial charge in [-0.1, -0.05) is 25.4 Å². The number of thiophene rings is 1. The predicted octanol–water partition coefficient (Wildman–Crippen LogP) is 6.05. The summed E-state index contributed by atoms with van der Waals surface area (Å²) in [6.07, 6.45) is -9.91. The van der Waals surface area contributed by atoms with Crippen LogP contribution in [-0.4, -0.2) is 38.2 Å². The number of aromatic nitrogens is 4. The van der Waals surface area contributed by atoms with Crippen molar-refractivity contribution in [1.82, 2.24) is 24.9 Å². The standard InChI is InChI=1S/C19H16ClF8N5OS/c1-8(2)5-29-15(34)10-4-11(35-14(10)20)9-6-30-33(7-9)16-12(18(23,24)25)13(31-32(16)3)17(21,22)19(26,27)28/h4,6-8H,5H2,1-3H3,(H,29,34). The number of hydrogen-bond acceptors (Lipinski definition) is 4. The van der Waals surface area contributed by atoms with Gasteiger partial charge in [0.1, 0.15) is 9.90 Å². The number of hydrogen-bond donors (Lipinski definition) is 1. The van der Waals surface area contributed by atoms with Gasteiger partial charge >= 0.3 is 18.3 Å². The van der Waals surface area contributed by atoms with Crippen molar-refractivity contribution in [2.75, 3.05) is 6.54 Å². The van der Waals surface area contributed by atoms with Gasteiger partial charge in [-0.05, 0) is 12.0 Å². The van der Waals surface area contributed by atoms with E-state index in [2.05, 4.69) is 15.5 Å². The predicted molar refractivity (Wildman–Crippen MR) is 111 cm³/mol. The molecule has 16 heteroatoms. The van der Waals surface area contributed by atoms with Crippen LogP contribution in [0.3, 0.4) is 0 Å². The van der Waals surface area contributed by atoms with Crippen LogP contribution in [0.15, 0.2) is 18.5 Å². The van der Waals surface area contributed by atoms with Crippen molar-refractivity contribution in [1.29, 1.82) is 0 Å². The lowest BCUT2D eigenvalue weighted by Gasteiger charge is -2.19. The Morgan fingerprint density at radius 3 is 2.34 bits per heavy atom. The molecule has 3 aromatic heterocycles. The quantitative estimate of drug-likeness (QED) is 0.381. The van der Waals surface area contributed by atoms with Crippen molar-refractivity contribution in [3.63, 3.8) is 0 Å². The van der Waals surface area contributed by atoms with Gasteiger partial charge in [0.25, 0.3) is 5.91 Å². The van der Waals surface area contributed by atoms with Crippen molar-refractivity contribution in [2.24, 2.45) is 13.0 Å². The Balaban J connectivity index is 2.07. The molecular formula is C19H16ClF8N5OS. The molecule has 1 N–H and O–H groups in total. The Kier molecular flexibility index (Phi) is 6.98. The molecule has 0 saturated heterocycles. The number of alkyl halides is 8. The summed E-state index contributed by atoms with van der Waals surface area (Å²) in [6.45, 7) is 4.11. The highest BCUT2D eigenvalue weighted by Crippen LogP contribution is 2.49. The summed E-state index contributed by atoms with van der Waals surface area (Å²) in [6, 6.07) is 1.36. The van der Waals surface area contributed by atoms with Gasteiger partial charge in [-0.3, -0.25) is 4.79 Å². The Bertz CT molecular complexity index is 1240. The molecule has 0 aliphatic rings. The SMILES string of the molecule is CC(C)CNC(=O)c1cc(-c2cnn(-c3c(C(F)(F)F)c(C(F)(F)C(F)(F)F)nn3C)c2)sc1Cl. The van der Waals surface area contributed by atoms with Crippen LogP contribution in [0.4, 0.5) is 35.1 Å². The average molecular weight is 550 g/mol. The molecular weight excluding hydrogens is 534 g/mol. The van der Waals surface area contributed by atoms with Gasteiger partial charge in [-0.25, -0.2) is 9.36 Å². The highest BCUT2D eigenvalue weighted by molar-refractivity contribution is 7.19. The molecule has 0 saturated carbocycles. The number of nitrogens with one attached hydrogen (secondary N) is 1. The lowest BCUT2D eigenvalue weighted by Crippen LogP contribution is -2.36. The second kappa shape index (κ2) is 9.08. The normalized spacial score (nSPS) is 13.1. The first-order valence-electron chi connectivity index (χ1n) is 9.67. The fourth-order valence-electron chi connectivity index (χ4n) is 3.02. The molecule has 3 heterocycles. The summed E-state index contributed by atoms with van der Waals surface area (Å²) in [5.74, 6) is -7.35. The largest absolute Gasteiger partial charge is 0.459 e. The molecule has 1 amide bonds. The van der Waals surface area contributed by atoms with Gasteiger partial charge < -0.3 is 5.32 Å². The van der Waals surface area contributed by atoms with Crippen molar-refractivity contribution in [3.8, 4) is 16.3 Å². The molecule has 0 aliphatic carbocycles. The van der Waals surface area contributed by atoms with E-state index < -0.39 is 41.3 Å². The summed E-state index contributed by atoms with van der Waals surface area (Å²) in [7, 11) is 0.779. The molecule has 0 bridgehead atoms. The highest BCUT2D eigenvalue weighted by Gasteiger charge is 2.64. The van der Waals surface area contributed by atoms with E-state index in [-0.39, 0.29) is 26.1 Å². The molecule has 0 radical (unpaired) electrons. The van der Waals surface area contributed by atoms with Gasteiger partial charge in [0, 0.05) is 30.2 Å². The second-order valence-corrected chi connectivity index (χ2v) is 9.47. The van der Waals surface area contributed by atoms with Crippen LogP contribution in [0.5, 0.6) is 0 Å². The van der Waals surface area contributed by atoms with Gasteiger partial charge in [0.2, 0.25) is 0 Å². The zero-order valence-electron chi connectivity index (χ0n) is 18.0. The minimum atomic E-state index is -6.31. The van der Waals surface area contributed by atoms with Crippen LogP contribution in [0.1, 0.15) is 35.5 Å². The average Bonchev–Trinajstić information content (AvgIpc) is 3.41. The van der Waals surface area contributed by atoms with Crippen LogP contribution in [-0.2, 0) is 19.1 Å².